The first kappa shape index (κ1) is 9.15. The van der Waals surface area contributed by atoms with E-state index in [1.165, 1.54) is 5.57 Å². The van der Waals surface area contributed by atoms with E-state index in [1.54, 1.807) is 6.07 Å². The molecule has 4 nitrogen and oxygen atoms in total. The smallest absolute Gasteiger partial charge is 0.146 e. The Morgan fingerprint density at radius 1 is 1.36 bits per heavy atom. The highest BCUT2D eigenvalue weighted by molar-refractivity contribution is 5.63. The zero-order valence-corrected chi connectivity index (χ0v) is 8.27. The largest absolute Gasteiger partial charge is 0.382 e. The number of nitrogens with zero attached hydrogens (tertiary/aromatic N) is 3. The number of hydrogen-bond acceptors (Lipinski definition) is 4. The SMILES string of the molecule is CN1CC=C(c2ccc(N)nn2)CC1. The number of rotatable bonds is 1. The molecule has 2 rings (SSSR count). The molecule has 4 heteroatoms. The van der Waals surface area contributed by atoms with Crippen molar-refractivity contribution in [2.75, 3.05) is 25.9 Å². The summed E-state index contributed by atoms with van der Waals surface area (Å²) in [6, 6.07) is 3.72. The number of aromatic nitrogens is 2. The van der Waals surface area contributed by atoms with Crippen LogP contribution >= 0.6 is 0 Å². The molecule has 14 heavy (non-hydrogen) atoms. The number of nitrogen functional groups attached to an aromatic ring is 1. The molecule has 0 saturated carbocycles. The fraction of sp³-hybridized carbons (Fsp3) is 0.400. The zero-order chi connectivity index (χ0) is 9.97. The van der Waals surface area contributed by atoms with Crippen molar-refractivity contribution in [1.82, 2.24) is 15.1 Å². The summed E-state index contributed by atoms with van der Waals surface area (Å²) in [7, 11) is 2.11. The lowest BCUT2D eigenvalue weighted by molar-refractivity contribution is 0.369. The van der Waals surface area contributed by atoms with E-state index < -0.39 is 0 Å². The van der Waals surface area contributed by atoms with E-state index >= 15 is 0 Å². The Morgan fingerprint density at radius 3 is 2.79 bits per heavy atom. The van der Waals surface area contributed by atoms with E-state index in [0.29, 0.717) is 5.82 Å². The van der Waals surface area contributed by atoms with Gasteiger partial charge in [0, 0.05) is 13.1 Å². The molecule has 1 aliphatic heterocycles. The van der Waals surface area contributed by atoms with Crippen LogP contribution in [0.2, 0.25) is 0 Å². The molecule has 0 unspecified atom stereocenters. The normalized spacial score (nSPS) is 17.9. The molecule has 0 amide bonds. The van der Waals surface area contributed by atoms with Gasteiger partial charge in [-0.15, -0.1) is 10.2 Å². The average Bonchev–Trinajstić information content (AvgIpc) is 2.21. The van der Waals surface area contributed by atoms with Gasteiger partial charge in [0.15, 0.2) is 0 Å². The average molecular weight is 190 g/mol. The summed E-state index contributed by atoms with van der Waals surface area (Å²) in [5.74, 6) is 0.474. The van der Waals surface area contributed by atoms with Crippen LogP contribution in [0.4, 0.5) is 5.82 Å². The molecule has 2 N–H and O–H groups in total. The fourth-order valence-electron chi connectivity index (χ4n) is 1.52. The third kappa shape index (κ3) is 1.90. The Bertz CT molecular complexity index is 342. The van der Waals surface area contributed by atoms with Crippen LogP contribution < -0.4 is 5.73 Å². The minimum absolute atomic E-state index is 0.474. The lowest BCUT2D eigenvalue weighted by Gasteiger charge is -2.21. The van der Waals surface area contributed by atoms with E-state index in [9.17, 15) is 0 Å². The molecule has 0 spiro atoms. The zero-order valence-electron chi connectivity index (χ0n) is 8.27. The van der Waals surface area contributed by atoms with Gasteiger partial charge >= 0.3 is 0 Å². The van der Waals surface area contributed by atoms with Crippen LogP contribution in [-0.4, -0.2) is 35.2 Å². The van der Waals surface area contributed by atoms with Crippen molar-refractivity contribution in [3.63, 3.8) is 0 Å². The first-order valence-electron chi connectivity index (χ1n) is 4.73. The summed E-state index contributed by atoms with van der Waals surface area (Å²) in [4.78, 5) is 2.27. The van der Waals surface area contributed by atoms with Gasteiger partial charge < -0.3 is 10.6 Å². The Kier molecular flexibility index (Phi) is 2.45. The third-order valence-corrected chi connectivity index (χ3v) is 2.43. The molecule has 0 saturated heterocycles. The lowest BCUT2D eigenvalue weighted by atomic mass is 10.1. The number of anilines is 1. The van der Waals surface area contributed by atoms with Crippen molar-refractivity contribution >= 4 is 11.4 Å². The highest BCUT2D eigenvalue weighted by atomic mass is 15.1. The van der Waals surface area contributed by atoms with E-state index in [0.717, 1.165) is 25.2 Å². The van der Waals surface area contributed by atoms with Crippen LogP contribution in [0.3, 0.4) is 0 Å². The maximum Gasteiger partial charge on any atom is 0.146 e. The summed E-state index contributed by atoms with van der Waals surface area (Å²) >= 11 is 0. The van der Waals surface area contributed by atoms with Crippen molar-refractivity contribution in [2.45, 2.75) is 6.42 Å². The highest BCUT2D eigenvalue weighted by Crippen LogP contribution is 2.19. The monoisotopic (exact) mass is 190 g/mol. The molecule has 2 heterocycles. The van der Waals surface area contributed by atoms with Crippen LogP contribution in [0.25, 0.3) is 5.57 Å². The van der Waals surface area contributed by atoms with E-state index in [-0.39, 0.29) is 0 Å². The molecule has 0 aliphatic carbocycles. The topological polar surface area (TPSA) is 55.0 Å². The Morgan fingerprint density at radius 2 is 2.21 bits per heavy atom. The van der Waals surface area contributed by atoms with Crippen LogP contribution in [-0.2, 0) is 0 Å². The van der Waals surface area contributed by atoms with Crippen molar-refractivity contribution in [2.24, 2.45) is 0 Å². The van der Waals surface area contributed by atoms with Gasteiger partial charge in [0.05, 0.1) is 5.69 Å². The Balaban J connectivity index is 2.19. The maximum absolute atomic E-state index is 5.48. The van der Waals surface area contributed by atoms with Gasteiger partial charge in [-0.1, -0.05) is 6.08 Å². The van der Waals surface area contributed by atoms with Crippen LogP contribution in [0.1, 0.15) is 12.1 Å². The molecule has 0 radical (unpaired) electrons. The summed E-state index contributed by atoms with van der Waals surface area (Å²) < 4.78 is 0. The molecule has 74 valence electrons. The molecule has 1 aromatic rings. The van der Waals surface area contributed by atoms with E-state index in [1.807, 2.05) is 6.07 Å². The molecular weight excluding hydrogens is 176 g/mol. The van der Waals surface area contributed by atoms with Crippen molar-refractivity contribution in [1.29, 1.82) is 0 Å². The van der Waals surface area contributed by atoms with Crippen LogP contribution in [0, 0.1) is 0 Å². The van der Waals surface area contributed by atoms with Gasteiger partial charge in [-0.05, 0) is 31.2 Å². The van der Waals surface area contributed by atoms with Gasteiger partial charge in [-0.3, -0.25) is 0 Å². The number of nitrogens with two attached hydrogens (primary N) is 1. The molecule has 1 aromatic heterocycles. The van der Waals surface area contributed by atoms with E-state index in [2.05, 4.69) is 28.2 Å². The van der Waals surface area contributed by atoms with Crippen LogP contribution in [0.15, 0.2) is 18.2 Å². The maximum atomic E-state index is 5.48. The first-order valence-corrected chi connectivity index (χ1v) is 4.73. The predicted molar refractivity (Wildman–Crippen MR) is 56.5 cm³/mol. The van der Waals surface area contributed by atoms with Gasteiger partial charge in [0.1, 0.15) is 5.82 Å². The van der Waals surface area contributed by atoms with Gasteiger partial charge in [-0.2, -0.15) is 0 Å². The highest BCUT2D eigenvalue weighted by Gasteiger charge is 2.10. The quantitative estimate of drug-likeness (QED) is 0.711. The second kappa shape index (κ2) is 3.75. The minimum atomic E-state index is 0.474. The molecule has 1 aliphatic rings. The summed E-state index contributed by atoms with van der Waals surface area (Å²) in [6.45, 7) is 2.07. The fourth-order valence-corrected chi connectivity index (χ4v) is 1.52. The third-order valence-electron chi connectivity index (χ3n) is 2.43. The summed E-state index contributed by atoms with van der Waals surface area (Å²) in [5.41, 5.74) is 7.70. The summed E-state index contributed by atoms with van der Waals surface area (Å²) in [6.07, 6.45) is 3.23. The van der Waals surface area contributed by atoms with Crippen LogP contribution in [0.5, 0.6) is 0 Å². The Labute approximate surface area is 83.4 Å². The van der Waals surface area contributed by atoms with Gasteiger partial charge in [0.2, 0.25) is 0 Å². The molecule has 0 fully saturated rings. The number of hydrogen-bond donors (Lipinski definition) is 1. The standard InChI is InChI=1S/C10H14N4/c1-14-6-4-8(5-7-14)9-2-3-10(11)13-12-9/h2-4H,5-7H2,1H3,(H2,11,13). The summed E-state index contributed by atoms with van der Waals surface area (Å²) in [5, 5.41) is 7.91. The molecule has 0 aromatic carbocycles. The second-order valence-corrected chi connectivity index (χ2v) is 3.59. The van der Waals surface area contributed by atoms with E-state index in [4.69, 9.17) is 5.73 Å². The van der Waals surface area contributed by atoms with Crippen molar-refractivity contribution in [3.05, 3.63) is 23.9 Å². The Hall–Kier alpha value is -1.42. The lowest BCUT2D eigenvalue weighted by Crippen LogP contribution is -2.23. The van der Waals surface area contributed by atoms with Gasteiger partial charge in [-0.25, -0.2) is 0 Å². The minimum Gasteiger partial charge on any atom is -0.382 e. The predicted octanol–water partition coefficient (Wildman–Crippen LogP) is 0.778. The van der Waals surface area contributed by atoms with Crippen molar-refractivity contribution in [3.8, 4) is 0 Å². The second-order valence-electron chi connectivity index (χ2n) is 3.59. The number of likely N-dealkylation sites (N-methyl/N-ethyl adjacent to an activating group) is 1. The first-order chi connectivity index (χ1) is 6.75. The van der Waals surface area contributed by atoms with Crippen molar-refractivity contribution < 1.29 is 0 Å². The molecular formula is C10H14N4. The molecule has 0 bridgehead atoms. The molecule has 0 atom stereocenters. The van der Waals surface area contributed by atoms with Gasteiger partial charge in [0.25, 0.3) is 0 Å².